The van der Waals surface area contributed by atoms with Crippen molar-refractivity contribution in [2.24, 2.45) is 0 Å². The summed E-state index contributed by atoms with van der Waals surface area (Å²) in [5.41, 5.74) is 2.00. The fourth-order valence-electron chi connectivity index (χ4n) is 0.670. The van der Waals surface area contributed by atoms with Gasteiger partial charge in [0.25, 0.3) is 0 Å². The van der Waals surface area contributed by atoms with Crippen molar-refractivity contribution in [2.75, 3.05) is 0 Å². The van der Waals surface area contributed by atoms with Gasteiger partial charge in [-0.2, -0.15) is 0 Å². The first-order valence-electron chi connectivity index (χ1n) is 3.53. The normalized spacial score (nSPS) is 9.00. The van der Waals surface area contributed by atoms with Gasteiger partial charge >= 0.3 is 66.4 Å². The number of carbonyl (C=O) groups excluding carboxylic acids is 1. The Labute approximate surface area is 67.2 Å². The van der Waals surface area contributed by atoms with Crippen molar-refractivity contribution in [3.05, 3.63) is 0 Å². The number of ether oxygens (including phenoxy) is 1. The first kappa shape index (κ1) is 10.5. The molecule has 0 aromatic heterocycles. The summed E-state index contributed by atoms with van der Waals surface area (Å²) in [6.07, 6.45) is 1.48. The van der Waals surface area contributed by atoms with Gasteiger partial charge in [-0.1, -0.05) is 0 Å². The number of esters is 1. The van der Waals surface area contributed by atoms with Crippen LogP contribution in [0.5, 0.6) is 0 Å². The van der Waals surface area contributed by atoms with Gasteiger partial charge in [-0.3, -0.25) is 0 Å². The summed E-state index contributed by atoms with van der Waals surface area (Å²) < 4.78 is 14.7. The molecule has 0 spiro atoms. The molecule has 0 aliphatic rings. The maximum atomic E-state index is 10.6. The van der Waals surface area contributed by atoms with Crippen LogP contribution < -0.4 is 0 Å². The SMILES string of the molecule is CCC(CC)OC(=O)C#P=O. The molecule has 11 heavy (non-hydrogen) atoms. The van der Waals surface area contributed by atoms with Gasteiger partial charge in [0.1, 0.15) is 0 Å². The van der Waals surface area contributed by atoms with E-state index in [0.717, 1.165) is 12.8 Å². The Kier molecular flexibility index (Phi) is 5.91. The third-order valence-electron chi connectivity index (χ3n) is 1.32. The minimum atomic E-state index is -0.629. The molecule has 0 unspecified atom stereocenters. The molecule has 0 N–H and O–H groups in total. The monoisotopic (exact) mass is 174 g/mol. The zero-order chi connectivity index (χ0) is 8.69. The Hall–Kier alpha value is -0.520. The van der Waals surface area contributed by atoms with E-state index in [1.807, 2.05) is 19.5 Å². The second-order valence-corrected chi connectivity index (χ2v) is 2.45. The predicted molar refractivity (Wildman–Crippen MR) is 42.0 cm³/mol. The molecule has 0 rings (SSSR count). The summed E-state index contributed by atoms with van der Waals surface area (Å²) in [6.45, 7) is 3.85. The van der Waals surface area contributed by atoms with Crippen LogP contribution in [0.2, 0.25) is 0 Å². The summed E-state index contributed by atoms with van der Waals surface area (Å²) >= 11 is 0. The van der Waals surface area contributed by atoms with E-state index in [0.29, 0.717) is 0 Å². The zero-order valence-corrected chi connectivity index (χ0v) is 7.56. The van der Waals surface area contributed by atoms with Crippen molar-refractivity contribution in [3.8, 4) is 5.63 Å². The van der Waals surface area contributed by atoms with E-state index in [9.17, 15) is 9.36 Å². The van der Waals surface area contributed by atoms with Gasteiger partial charge in [0.05, 0.1) is 0 Å². The standard InChI is InChI=1S/C7H11O3P/c1-3-6(4-2)10-7(8)5-11-9/h6H,3-4H2,1-2H3. The van der Waals surface area contributed by atoms with Crippen LogP contribution in [0.4, 0.5) is 0 Å². The van der Waals surface area contributed by atoms with Crippen LogP contribution in [0, 0.1) is 5.63 Å². The predicted octanol–water partition coefficient (Wildman–Crippen LogP) is 1.97. The second kappa shape index (κ2) is 6.21. The van der Waals surface area contributed by atoms with E-state index < -0.39 is 13.9 Å². The summed E-state index contributed by atoms with van der Waals surface area (Å²) in [5.74, 6) is -0.629. The number of rotatable bonds is 3. The average molecular weight is 174 g/mol. The van der Waals surface area contributed by atoms with Crippen molar-refractivity contribution in [1.29, 1.82) is 0 Å². The molecule has 0 fully saturated rings. The van der Waals surface area contributed by atoms with Crippen molar-refractivity contribution < 1.29 is 14.1 Å². The van der Waals surface area contributed by atoms with E-state index in [4.69, 9.17) is 4.74 Å². The first-order chi connectivity index (χ1) is 5.24. The number of hydrogen-bond acceptors (Lipinski definition) is 3. The van der Waals surface area contributed by atoms with Crippen LogP contribution in [0.1, 0.15) is 26.7 Å². The van der Waals surface area contributed by atoms with Crippen LogP contribution in [0.3, 0.4) is 0 Å². The second-order valence-electron chi connectivity index (χ2n) is 2.05. The Morgan fingerprint density at radius 2 is 2.09 bits per heavy atom. The Morgan fingerprint density at radius 1 is 1.55 bits per heavy atom. The van der Waals surface area contributed by atoms with Crippen molar-refractivity contribution in [3.63, 3.8) is 0 Å². The molecular weight excluding hydrogens is 163 g/mol. The number of hydrogen-bond donors (Lipinski definition) is 0. The molecular formula is C7H11O3P. The molecule has 0 aliphatic heterocycles. The van der Waals surface area contributed by atoms with Crippen molar-refractivity contribution >= 4 is 13.9 Å². The average Bonchev–Trinajstić information content (AvgIpc) is 2.01. The van der Waals surface area contributed by atoms with Crippen LogP contribution >= 0.6 is 7.92 Å². The molecule has 0 heterocycles. The van der Waals surface area contributed by atoms with Gasteiger partial charge in [-0.05, 0) is 0 Å². The van der Waals surface area contributed by atoms with E-state index >= 15 is 0 Å². The zero-order valence-electron chi connectivity index (χ0n) is 6.66. The minimum absolute atomic E-state index is 0.0725. The van der Waals surface area contributed by atoms with Gasteiger partial charge < -0.3 is 0 Å². The Balaban J connectivity index is 3.87. The summed E-state index contributed by atoms with van der Waals surface area (Å²) in [5, 5.41) is 0. The van der Waals surface area contributed by atoms with Crippen molar-refractivity contribution in [2.45, 2.75) is 32.8 Å². The van der Waals surface area contributed by atoms with Gasteiger partial charge in [0, 0.05) is 0 Å². The first-order valence-corrected chi connectivity index (χ1v) is 4.34. The molecule has 0 saturated heterocycles. The van der Waals surface area contributed by atoms with Gasteiger partial charge in [0.15, 0.2) is 0 Å². The molecule has 0 radical (unpaired) electrons. The van der Waals surface area contributed by atoms with E-state index in [1.54, 1.807) is 0 Å². The van der Waals surface area contributed by atoms with Crippen LogP contribution in [-0.2, 0) is 14.1 Å². The molecule has 4 heteroatoms. The van der Waals surface area contributed by atoms with E-state index in [1.165, 1.54) is 0 Å². The summed E-state index contributed by atoms with van der Waals surface area (Å²) in [6, 6.07) is 0. The molecule has 0 atom stereocenters. The summed E-state index contributed by atoms with van der Waals surface area (Å²) in [7, 11) is -0.418. The molecule has 0 bridgehead atoms. The number of carbonyl (C=O) groups is 1. The molecule has 0 aromatic rings. The molecule has 0 aliphatic carbocycles. The molecule has 0 aromatic carbocycles. The Bertz CT molecular complexity index is 213. The maximum absolute atomic E-state index is 10.6. The quantitative estimate of drug-likeness (QED) is 0.485. The van der Waals surface area contributed by atoms with E-state index in [2.05, 4.69) is 0 Å². The third-order valence-corrected chi connectivity index (χ3v) is 1.60. The fraction of sp³-hybridized carbons (Fsp3) is 0.714. The van der Waals surface area contributed by atoms with Gasteiger partial charge in [0.2, 0.25) is 0 Å². The van der Waals surface area contributed by atoms with Crippen LogP contribution in [0.25, 0.3) is 0 Å². The topological polar surface area (TPSA) is 43.4 Å². The van der Waals surface area contributed by atoms with E-state index in [-0.39, 0.29) is 6.10 Å². The summed E-state index contributed by atoms with van der Waals surface area (Å²) in [4.78, 5) is 10.6. The molecule has 0 amide bonds. The molecule has 3 nitrogen and oxygen atoms in total. The molecule has 0 saturated carbocycles. The van der Waals surface area contributed by atoms with Crippen LogP contribution in [0.15, 0.2) is 0 Å². The molecule has 62 valence electrons. The van der Waals surface area contributed by atoms with Crippen LogP contribution in [-0.4, -0.2) is 12.1 Å². The van der Waals surface area contributed by atoms with Gasteiger partial charge in [-0.25, -0.2) is 0 Å². The van der Waals surface area contributed by atoms with Crippen molar-refractivity contribution in [1.82, 2.24) is 0 Å². The van der Waals surface area contributed by atoms with Gasteiger partial charge in [-0.15, -0.1) is 0 Å². The fourth-order valence-corrected chi connectivity index (χ4v) is 0.798. The Morgan fingerprint density at radius 3 is 2.45 bits per heavy atom. The third kappa shape index (κ3) is 4.83.